The van der Waals surface area contributed by atoms with E-state index in [1.165, 1.54) is 0 Å². The molecular formula is C24H21NO6. The molecule has 1 amide bonds. The van der Waals surface area contributed by atoms with Crippen LogP contribution in [0.5, 0.6) is 11.5 Å². The van der Waals surface area contributed by atoms with Crippen LogP contribution in [0.4, 0.5) is 5.69 Å². The van der Waals surface area contributed by atoms with E-state index in [9.17, 15) is 9.59 Å². The molecule has 1 aliphatic heterocycles. The first-order chi connectivity index (χ1) is 14.9. The quantitative estimate of drug-likeness (QED) is 0.495. The minimum absolute atomic E-state index is 0.0972. The number of nitrogens with one attached hydrogen (secondary N) is 1. The predicted molar refractivity (Wildman–Crippen MR) is 116 cm³/mol. The van der Waals surface area contributed by atoms with E-state index in [1.54, 1.807) is 24.5 Å². The summed E-state index contributed by atoms with van der Waals surface area (Å²) in [4.78, 5) is 25.4. The highest BCUT2D eigenvalue weighted by atomic mass is 16.6. The number of amides is 1. The molecule has 0 unspecified atom stereocenters. The van der Waals surface area contributed by atoms with Crippen LogP contribution in [-0.2, 0) is 11.2 Å². The molecule has 0 spiro atoms. The molecule has 1 N–H and O–H groups in total. The molecule has 0 radical (unpaired) electrons. The van der Waals surface area contributed by atoms with Crippen LogP contribution in [0.25, 0.3) is 21.9 Å². The monoisotopic (exact) mass is 419 g/mol. The van der Waals surface area contributed by atoms with Crippen molar-refractivity contribution in [1.29, 1.82) is 0 Å². The number of hydrogen-bond acceptors (Lipinski definition) is 6. The van der Waals surface area contributed by atoms with Crippen LogP contribution in [-0.4, -0.2) is 19.1 Å². The summed E-state index contributed by atoms with van der Waals surface area (Å²) < 4.78 is 22.3. The van der Waals surface area contributed by atoms with Crippen molar-refractivity contribution in [1.82, 2.24) is 0 Å². The Bertz CT molecular complexity index is 1410. The molecule has 0 saturated heterocycles. The lowest BCUT2D eigenvalue weighted by molar-refractivity contribution is -0.115. The highest BCUT2D eigenvalue weighted by Crippen LogP contribution is 2.34. The van der Waals surface area contributed by atoms with Crippen LogP contribution >= 0.6 is 0 Å². The van der Waals surface area contributed by atoms with Gasteiger partial charge in [-0.3, -0.25) is 4.79 Å². The maximum absolute atomic E-state index is 12.7. The normalized spacial score (nSPS) is 13.0. The fourth-order valence-electron chi connectivity index (χ4n) is 4.01. The van der Waals surface area contributed by atoms with Crippen LogP contribution in [0.2, 0.25) is 0 Å². The second kappa shape index (κ2) is 7.19. The zero-order chi connectivity index (χ0) is 21.7. The van der Waals surface area contributed by atoms with Gasteiger partial charge in [0.1, 0.15) is 24.4 Å². The van der Waals surface area contributed by atoms with Gasteiger partial charge >= 0.3 is 5.63 Å². The number of fused-ring (bicyclic) bond motifs is 3. The Hall–Kier alpha value is -3.74. The summed E-state index contributed by atoms with van der Waals surface area (Å²) in [6.45, 7) is 6.63. The van der Waals surface area contributed by atoms with Gasteiger partial charge < -0.3 is 23.6 Å². The Morgan fingerprint density at radius 2 is 1.74 bits per heavy atom. The van der Waals surface area contributed by atoms with E-state index in [1.807, 2.05) is 26.8 Å². The van der Waals surface area contributed by atoms with Gasteiger partial charge in [-0.2, -0.15) is 0 Å². The van der Waals surface area contributed by atoms with E-state index in [0.29, 0.717) is 47.1 Å². The van der Waals surface area contributed by atoms with Crippen LogP contribution in [0.3, 0.4) is 0 Å². The van der Waals surface area contributed by atoms with Gasteiger partial charge in [-0.1, -0.05) is 0 Å². The van der Waals surface area contributed by atoms with E-state index in [-0.39, 0.29) is 12.3 Å². The molecule has 0 saturated carbocycles. The van der Waals surface area contributed by atoms with Gasteiger partial charge in [-0.25, -0.2) is 4.79 Å². The fraction of sp³-hybridized carbons (Fsp3) is 0.250. The smallest absolute Gasteiger partial charge is 0.340 e. The number of carbonyl (C=O) groups is 1. The van der Waals surface area contributed by atoms with E-state index in [0.717, 1.165) is 27.5 Å². The largest absolute Gasteiger partial charge is 0.486 e. The van der Waals surface area contributed by atoms with Crippen LogP contribution < -0.4 is 20.4 Å². The number of benzene rings is 2. The van der Waals surface area contributed by atoms with Crippen molar-refractivity contribution in [3.05, 3.63) is 63.2 Å². The molecule has 0 atom stereocenters. The van der Waals surface area contributed by atoms with E-state index in [2.05, 4.69) is 5.32 Å². The molecule has 5 rings (SSSR count). The van der Waals surface area contributed by atoms with E-state index >= 15 is 0 Å². The van der Waals surface area contributed by atoms with Crippen LogP contribution in [0.15, 0.2) is 44.2 Å². The Balaban J connectivity index is 1.48. The molecule has 2 aromatic carbocycles. The van der Waals surface area contributed by atoms with Gasteiger partial charge in [0.25, 0.3) is 0 Å². The molecular weight excluding hydrogens is 398 g/mol. The van der Waals surface area contributed by atoms with Crippen molar-refractivity contribution in [3.8, 4) is 11.5 Å². The number of anilines is 1. The van der Waals surface area contributed by atoms with E-state index in [4.69, 9.17) is 18.3 Å². The highest BCUT2D eigenvalue weighted by Gasteiger charge is 2.20. The molecule has 7 heteroatoms. The van der Waals surface area contributed by atoms with Crippen molar-refractivity contribution in [3.63, 3.8) is 0 Å². The van der Waals surface area contributed by atoms with Gasteiger partial charge in [-0.15, -0.1) is 0 Å². The molecule has 7 nitrogen and oxygen atoms in total. The second-order valence-corrected chi connectivity index (χ2v) is 7.75. The van der Waals surface area contributed by atoms with Crippen molar-refractivity contribution >= 4 is 33.5 Å². The zero-order valence-electron chi connectivity index (χ0n) is 17.5. The summed E-state index contributed by atoms with van der Waals surface area (Å²) in [7, 11) is 0. The molecule has 3 heterocycles. The first-order valence-corrected chi connectivity index (χ1v) is 10.1. The first-order valence-electron chi connectivity index (χ1n) is 10.1. The standard InChI is InChI=1S/C24H21NO6/c1-12-11-30-22-14(3)23-17(9-16(12)22)13(2)18(24(27)31-23)10-21(26)25-15-4-5-19-20(8-15)29-7-6-28-19/h4-5,8-9,11H,6-7,10H2,1-3H3,(H,25,26). The summed E-state index contributed by atoms with van der Waals surface area (Å²) in [6.07, 6.45) is 1.59. The van der Waals surface area contributed by atoms with Crippen molar-refractivity contribution in [2.45, 2.75) is 27.2 Å². The topological polar surface area (TPSA) is 90.9 Å². The molecule has 0 bridgehead atoms. The van der Waals surface area contributed by atoms with Crippen LogP contribution in [0, 0.1) is 20.8 Å². The maximum atomic E-state index is 12.7. The molecule has 158 valence electrons. The Morgan fingerprint density at radius 1 is 0.968 bits per heavy atom. The summed E-state index contributed by atoms with van der Waals surface area (Å²) in [5.74, 6) is 0.913. The molecule has 2 aromatic heterocycles. The van der Waals surface area contributed by atoms with Gasteiger partial charge in [0.15, 0.2) is 11.5 Å². The first kappa shape index (κ1) is 19.2. The Labute approximate surface area is 177 Å². The summed E-state index contributed by atoms with van der Waals surface area (Å²) in [5, 5.41) is 4.59. The average molecular weight is 419 g/mol. The fourth-order valence-corrected chi connectivity index (χ4v) is 4.01. The molecule has 1 aliphatic rings. The third-order valence-corrected chi connectivity index (χ3v) is 5.70. The SMILES string of the molecule is Cc1coc2c(C)c3oc(=O)c(CC(=O)Nc4ccc5c(c4)OCCO5)c(C)c3cc12. The van der Waals surface area contributed by atoms with Gasteiger partial charge in [0, 0.05) is 28.1 Å². The zero-order valence-corrected chi connectivity index (χ0v) is 17.5. The summed E-state index contributed by atoms with van der Waals surface area (Å²) in [6, 6.07) is 7.16. The highest BCUT2D eigenvalue weighted by molar-refractivity contribution is 6.00. The number of rotatable bonds is 3. The van der Waals surface area contributed by atoms with Crippen LogP contribution in [0.1, 0.15) is 22.3 Å². The third kappa shape index (κ3) is 3.22. The third-order valence-electron chi connectivity index (χ3n) is 5.70. The van der Waals surface area contributed by atoms with Gasteiger partial charge in [0.05, 0.1) is 18.2 Å². The van der Waals surface area contributed by atoms with Crippen molar-refractivity contribution in [2.75, 3.05) is 18.5 Å². The number of furan rings is 1. The number of aryl methyl sites for hydroxylation is 3. The molecule has 0 fully saturated rings. The lowest BCUT2D eigenvalue weighted by Gasteiger charge is -2.19. The molecule has 31 heavy (non-hydrogen) atoms. The minimum Gasteiger partial charge on any atom is -0.486 e. The Morgan fingerprint density at radius 3 is 2.55 bits per heavy atom. The number of ether oxygens (including phenoxy) is 2. The maximum Gasteiger partial charge on any atom is 0.340 e. The van der Waals surface area contributed by atoms with Crippen molar-refractivity contribution < 1.29 is 23.1 Å². The molecule has 4 aromatic rings. The van der Waals surface area contributed by atoms with E-state index < -0.39 is 5.63 Å². The van der Waals surface area contributed by atoms with Crippen molar-refractivity contribution in [2.24, 2.45) is 0 Å². The van der Waals surface area contributed by atoms with Gasteiger partial charge in [-0.05, 0) is 50.1 Å². The second-order valence-electron chi connectivity index (χ2n) is 7.75. The lowest BCUT2D eigenvalue weighted by Crippen LogP contribution is -2.21. The lowest BCUT2D eigenvalue weighted by atomic mass is 9.99. The average Bonchev–Trinajstić information content (AvgIpc) is 3.13. The van der Waals surface area contributed by atoms with Gasteiger partial charge in [0.2, 0.25) is 5.91 Å². The minimum atomic E-state index is -0.520. The molecule has 0 aliphatic carbocycles. The Kier molecular flexibility index (Phi) is 4.46. The summed E-state index contributed by atoms with van der Waals surface area (Å²) >= 11 is 0. The number of carbonyl (C=O) groups excluding carboxylic acids is 1. The predicted octanol–water partition coefficient (Wildman–Crippen LogP) is 4.42. The summed E-state index contributed by atoms with van der Waals surface area (Å²) in [5.41, 5.74) is 4.09. The number of hydrogen-bond donors (Lipinski definition) is 1.